The van der Waals surface area contributed by atoms with Gasteiger partial charge in [0.05, 0.1) is 0 Å². The van der Waals surface area contributed by atoms with E-state index >= 15 is 0 Å². The number of hydrogen-bond donors (Lipinski definition) is 0. The van der Waals surface area contributed by atoms with Gasteiger partial charge in [-0.15, -0.1) is 0 Å². The molecule has 2 atom stereocenters. The fourth-order valence-electron chi connectivity index (χ4n) is 1.18. The van der Waals surface area contributed by atoms with Gasteiger partial charge in [0.25, 0.3) is 0 Å². The predicted octanol–water partition coefficient (Wildman–Crippen LogP) is 1.90. The SMILES string of the molecule is CCCCCC(=O)[AsH]C(C)C(=O)OCC. The molecule has 0 aromatic rings. The molecule has 4 heteroatoms. The third kappa shape index (κ3) is 7.61. The Labute approximate surface area is 98.6 Å². The topological polar surface area (TPSA) is 43.4 Å². The van der Waals surface area contributed by atoms with Crippen LogP contribution >= 0.6 is 0 Å². The molecule has 0 aliphatic rings. The average molecular weight is 276 g/mol. The Bertz CT molecular complexity index is 204. The van der Waals surface area contributed by atoms with Gasteiger partial charge in [-0.1, -0.05) is 0 Å². The van der Waals surface area contributed by atoms with E-state index in [2.05, 4.69) is 6.92 Å². The molecule has 88 valence electrons. The summed E-state index contributed by atoms with van der Waals surface area (Å²) in [5, 5.41) is 0. The van der Waals surface area contributed by atoms with Crippen LogP contribution in [0, 0.1) is 0 Å². The van der Waals surface area contributed by atoms with Crippen LogP contribution in [0.5, 0.6) is 0 Å². The second-order valence-corrected chi connectivity index (χ2v) is 7.09. The van der Waals surface area contributed by atoms with E-state index in [1.807, 2.05) is 0 Å². The molecule has 0 radical (unpaired) electrons. The molecule has 0 saturated carbocycles. The van der Waals surface area contributed by atoms with E-state index in [-0.39, 0.29) is 10.7 Å². The van der Waals surface area contributed by atoms with E-state index in [9.17, 15) is 9.59 Å². The molecule has 0 aromatic carbocycles. The molecule has 2 unspecified atom stereocenters. The van der Waals surface area contributed by atoms with Crippen molar-refractivity contribution in [1.82, 2.24) is 0 Å². The molecular weight excluding hydrogens is 255 g/mol. The summed E-state index contributed by atoms with van der Waals surface area (Å²) in [4.78, 5) is 22.8. The van der Waals surface area contributed by atoms with Gasteiger partial charge < -0.3 is 0 Å². The summed E-state index contributed by atoms with van der Waals surface area (Å²) in [6.07, 6.45) is 3.85. The second-order valence-electron chi connectivity index (χ2n) is 3.50. The van der Waals surface area contributed by atoms with Crippen molar-refractivity contribution in [2.24, 2.45) is 0 Å². The van der Waals surface area contributed by atoms with Gasteiger partial charge in [0.15, 0.2) is 0 Å². The van der Waals surface area contributed by atoms with Crippen LogP contribution in [0.2, 0.25) is 4.71 Å². The first kappa shape index (κ1) is 14.7. The van der Waals surface area contributed by atoms with E-state index in [0.717, 1.165) is 19.3 Å². The monoisotopic (exact) mass is 276 g/mol. The summed E-state index contributed by atoms with van der Waals surface area (Å²) >= 11 is -0.822. The Kier molecular flexibility index (Phi) is 8.78. The first-order valence-electron chi connectivity index (χ1n) is 5.57. The second kappa shape index (κ2) is 8.96. The number of ether oxygens (including phenoxy) is 1. The summed E-state index contributed by atoms with van der Waals surface area (Å²) in [6, 6.07) is 0. The number of unbranched alkanes of at least 4 members (excludes halogenated alkanes) is 2. The molecule has 0 aromatic heterocycles. The summed E-state index contributed by atoms with van der Waals surface area (Å²) < 4.78 is 5.00. The third-order valence-corrected chi connectivity index (χ3v) is 4.63. The molecular formula is C11H21AsO3. The van der Waals surface area contributed by atoms with Crippen LogP contribution in [-0.4, -0.2) is 32.9 Å². The fourth-order valence-corrected chi connectivity index (χ4v) is 3.28. The zero-order chi connectivity index (χ0) is 11.7. The van der Waals surface area contributed by atoms with Gasteiger partial charge in [-0.3, -0.25) is 0 Å². The van der Waals surface area contributed by atoms with E-state index in [1.54, 1.807) is 13.8 Å². The Morgan fingerprint density at radius 2 is 1.93 bits per heavy atom. The van der Waals surface area contributed by atoms with E-state index in [4.69, 9.17) is 4.74 Å². The van der Waals surface area contributed by atoms with Crippen LogP contribution in [-0.2, 0) is 14.3 Å². The minimum absolute atomic E-state index is 0.168. The Hall–Kier alpha value is -0.302. The molecule has 15 heavy (non-hydrogen) atoms. The molecule has 0 fully saturated rings. The van der Waals surface area contributed by atoms with E-state index in [1.165, 1.54) is 0 Å². The van der Waals surface area contributed by atoms with Crippen LogP contribution in [0.25, 0.3) is 0 Å². The molecule has 0 N–H and O–H groups in total. The van der Waals surface area contributed by atoms with Crippen molar-refractivity contribution in [3.63, 3.8) is 0 Å². The number of hydrogen-bond acceptors (Lipinski definition) is 3. The molecule has 0 spiro atoms. The number of esters is 1. The number of carbonyl (C=O) groups excluding carboxylic acids is 2. The van der Waals surface area contributed by atoms with Gasteiger partial charge in [-0.2, -0.15) is 0 Å². The minimum atomic E-state index is -0.822. The maximum atomic E-state index is 11.5. The van der Waals surface area contributed by atoms with E-state index < -0.39 is 15.8 Å². The van der Waals surface area contributed by atoms with Crippen LogP contribution in [0.15, 0.2) is 0 Å². The van der Waals surface area contributed by atoms with Crippen molar-refractivity contribution in [1.29, 1.82) is 0 Å². The summed E-state index contributed by atoms with van der Waals surface area (Å²) in [5.74, 6) is -0.207. The molecule has 0 saturated heterocycles. The van der Waals surface area contributed by atoms with Crippen LogP contribution < -0.4 is 0 Å². The Balaban J connectivity index is 3.70. The normalized spacial score (nSPS) is 13.0. The zero-order valence-corrected chi connectivity index (χ0v) is 11.9. The molecule has 0 aliphatic heterocycles. The maximum absolute atomic E-state index is 11.5. The number of carbonyl (C=O) groups is 2. The quantitative estimate of drug-likeness (QED) is 0.386. The molecule has 0 aliphatic carbocycles. The zero-order valence-electron chi connectivity index (χ0n) is 9.84. The van der Waals surface area contributed by atoms with E-state index in [0.29, 0.717) is 17.6 Å². The molecule has 0 heterocycles. The predicted molar refractivity (Wildman–Crippen MR) is 62.4 cm³/mol. The molecule has 3 nitrogen and oxygen atoms in total. The summed E-state index contributed by atoms with van der Waals surface area (Å²) in [5.41, 5.74) is 0. The van der Waals surface area contributed by atoms with Crippen molar-refractivity contribution >= 4 is 26.3 Å². The van der Waals surface area contributed by atoms with Gasteiger partial charge in [0, 0.05) is 0 Å². The third-order valence-electron chi connectivity index (χ3n) is 2.03. The average Bonchev–Trinajstić information content (AvgIpc) is 2.18. The van der Waals surface area contributed by atoms with Crippen LogP contribution in [0.4, 0.5) is 0 Å². The molecule has 0 bridgehead atoms. The molecule has 0 rings (SSSR count). The van der Waals surface area contributed by atoms with Crippen molar-refractivity contribution in [3.8, 4) is 0 Å². The van der Waals surface area contributed by atoms with Crippen LogP contribution in [0.3, 0.4) is 0 Å². The van der Waals surface area contributed by atoms with Crippen LogP contribution in [0.1, 0.15) is 46.5 Å². The standard InChI is InChI=1S/C11H21AsO3/c1-4-6-7-8-10(13)12-9(3)11(14)15-5-2/h9,12H,4-8H2,1-3H3. The van der Waals surface area contributed by atoms with Crippen molar-refractivity contribution < 1.29 is 14.3 Å². The van der Waals surface area contributed by atoms with Crippen molar-refractivity contribution in [2.75, 3.05) is 6.61 Å². The first-order valence-corrected chi connectivity index (χ1v) is 7.83. The Morgan fingerprint density at radius 1 is 1.27 bits per heavy atom. The van der Waals surface area contributed by atoms with Gasteiger partial charge in [0.1, 0.15) is 0 Å². The number of rotatable bonds is 8. The van der Waals surface area contributed by atoms with Gasteiger partial charge in [0.2, 0.25) is 0 Å². The Morgan fingerprint density at radius 3 is 2.47 bits per heavy atom. The van der Waals surface area contributed by atoms with Crippen molar-refractivity contribution in [3.05, 3.63) is 0 Å². The van der Waals surface area contributed by atoms with Gasteiger partial charge in [-0.25, -0.2) is 0 Å². The summed E-state index contributed by atoms with van der Waals surface area (Å²) in [6.45, 7) is 6.10. The van der Waals surface area contributed by atoms with Crippen molar-refractivity contribution in [2.45, 2.75) is 51.2 Å². The van der Waals surface area contributed by atoms with Gasteiger partial charge >= 0.3 is 98.4 Å². The van der Waals surface area contributed by atoms with Gasteiger partial charge in [-0.05, 0) is 0 Å². The fraction of sp³-hybridized carbons (Fsp3) is 0.818. The summed E-state index contributed by atoms with van der Waals surface area (Å²) in [7, 11) is 0. The first-order chi connectivity index (χ1) is 7.11. The molecule has 0 amide bonds.